The highest BCUT2D eigenvalue weighted by Gasteiger charge is 2.14. The number of ether oxygens (including phenoxy) is 1. The van der Waals surface area contributed by atoms with Crippen molar-refractivity contribution in [1.82, 2.24) is 0 Å². The van der Waals surface area contributed by atoms with Crippen LogP contribution in [0.5, 0.6) is 5.75 Å². The lowest BCUT2D eigenvalue weighted by Crippen LogP contribution is -2.34. The van der Waals surface area contributed by atoms with Gasteiger partial charge in [-0.15, -0.1) is 0 Å². The first-order chi connectivity index (χ1) is 18.2. The number of carbonyl (C=O) groups excluding carboxylic acids is 1. The Bertz CT molecular complexity index is 1040. The minimum atomic E-state index is -0.105. The fourth-order valence-electron chi connectivity index (χ4n) is 4.51. The Labute approximate surface area is 228 Å². The number of rotatable bonds is 18. The molecule has 1 heterocycles. The second-order valence-corrected chi connectivity index (χ2v) is 10.7. The first-order valence-corrected chi connectivity index (χ1v) is 15.2. The summed E-state index contributed by atoms with van der Waals surface area (Å²) in [6.07, 6.45) is 16.1. The summed E-state index contributed by atoms with van der Waals surface area (Å²) in [6, 6.07) is 15.5. The zero-order chi connectivity index (χ0) is 26.1. The summed E-state index contributed by atoms with van der Waals surface area (Å²) in [5.74, 6) is 0.719. The standard InChI is InChI=1S/C32H44N2O2S/c1-3-4-5-6-7-8-9-10-11-12-13-16-23-36-30-21-19-28(20-22-30)32(35)33-31-18-15-14-17-29(31)24-34-26-37-25-27(34)2/h14-15,17-22,25-26H,3-13,16,23-24H2,1-2H3/p+1. The van der Waals surface area contributed by atoms with Crippen molar-refractivity contribution in [2.45, 2.75) is 97.4 Å². The van der Waals surface area contributed by atoms with Gasteiger partial charge in [0.25, 0.3) is 5.91 Å². The molecule has 200 valence electrons. The van der Waals surface area contributed by atoms with Crippen LogP contribution in [0.2, 0.25) is 0 Å². The van der Waals surface area contributed by atoms with Gasteiger partial charge in [0.05, 0.1) is 17.7 Å². The molecule has 0 spiro atoms. The Hall–Kier alpha value is -2.66. The first-order valence-electron chi connectivity index (χ1n) is 14.2. The second kappa shape index (κ2) is 17.0. The number of hydrogen-bond acceptors (Lipinski definition) is 3. The summed E-state index contributed by atoms with van der Waals surface area (Å²) in [7, 11) is 0. The maximum absolute atomic E-state index is 12.9. The molecule has 0 bridgehead atoms. The van der Waals surface area contributed by atoms with Gasteiger partial charge in [-0.05, 0) is 36.8 Å². The molecule has 5 heteroatoms. The molecule has 0 aliphatic rings. The Balaban J connectivity index is 1.31. The molecule has 0 saturated carbocycles. The number of benzene rings is 2. The molecule has 2 aromatic carbocycles. The van der Waals surface area contributed by atoms with Crippen molar-refractivity contribution in [1.29, 1.82) is 0 Å². The summed E-state index contributed by atoms with van der Waals surface area (Å²) in [5, 5.41) is 5.21. The zero-order valence-corrected chi connectivity index (χ0v) is 23.7. The van der Waals surface area contributed by atoms with Gasteiger partial charge in [-0.3, -0.25) is 4.79 Å². The van der Waals surface area contributed by atoms with Crippen molar-refractivity contribution >= 4 is 22.9 Å². The van der Waals surface area contributed by atoms with Gasteiger partial charge in [-0.25, -0.2) is 0 Å². The minimum Gasteiger partial charge on any atom is -0.494 e. The van der Waals surface area contributed by atoms with E-state index in [1.54, 1.807) is 11.3 Å². The van der Waals surface area contributed by atoms with E-state index in [1.807, 2.05) is 42.5 Å². The van der Waals surface area contributed by atoms with E-state index < -0.39 is 0 Å². The highest BCUT2D eigenvalue weighted by Crippen LogP contribution is 2.19. The Kier molecular flexibility index (Phi) is 13.3. The minimum absolute atomic E-state index is 0.105. The lowest BCUT2D eigenvalue weighted by atomic mass is 10.1. The van der Waals surface area contributed by atoms with E-state index >= 15 is 0 Å². The van der Waals surface area contributed by atoms with Crippen LogP contribution < -0.4 is 14.6 Å². The number of amides is 1. The molecule has 1 amide bonds. The summed E-state index contributed by atoms with van der Waals surface area (Å²) in [6.45, 7) is 5.84. The molecule has 3 rings (SSSR count). The molecule has 0 aliphatic heterocycles. The summed E-state index contributed by atoms with van der Waals surface area (Å²) < 4.78 is 8.10. The highest BCUT2D eigenvalue weighted by molar-refractivity contribution is 7.07. The monoisotopic (exact) mass is 521 g/mol. The second-order valence-electron chi connectivity index (χ2n) is 10.0. The number of thiazole rings is 1. The molecule has 1 N–H and O–H groups in total. The van der Waals surface area contributed by atoms with E-state index in [0.29, 0.717) is 5.56 Å². The van der Waals surface area contributed by atoms with Crippen molar-refractivity contribution in [2.75, 3.05) is 11.9 Å². The van der Waals surface area contributed by atoms with Crippen LogP contribution in [0.15, 0.2) is 59.4 Å². The van der Waals surface area contributed by atoms with Gasteiger partial charge in [-0.2, -0.15) is 4.57 Å². The van der Waals surface area contributed by atoms with Crippen molar-refractivity contribution in [3.05, 3.63) is 76.2 Å². The van der Waals surface area contributed by atoms with Crippen molar-refractivity contribution in [3.8, 4) is 5.75 Å². The van der Waals surface area contributed by atoms with Gasteiger partial charge >= 0.3 is 0 Å². The topological polar surface area (TPSA) is 42.2 Å². The SMILES string of the molecule is CCCCCCCCCCCCCCOc1ccc(C(=O)Nc2ccccc2C[n+]2cscc2C)cc1. The smallest absolute Gasteiger partial charge is 0.255 e. The van der Waals surface area contributed by atoms with Crippen molar-refractivity contribution in [2.24, 2.45) is 0 Å². The van der Waals surface area contributed by atoms with Crippen LogP contribution in [0.25, 0.3) is 0 Å². The molecule has 0 aliphatic carbocycles. The molecule has 0 unspecified atom stereocenters. The van der Waals surface area contributed by atoms with Gasteiger partial charge in [-0.1, -0.05) is 107 Å². The van der Waals surface area contributed by atoms with Crippen molar-refractivity contribution < 1.29 is 14.1 Å². The van der Waals surface area contributed by atoms with Crippen LogP contribution in [0, 0.1) is 6.92 Å². The maximum Gasteiger partial charge on any atom is 0.255 e. The molecule has 0 radical (unpaired) electrons. The van der Waals surface area contributed by atoms with E-state index in [1.165, 1.54) is 76.3 Å². The summed E-state index contributed by atoms with van der Waals surface area (Å²) >= 11 is 1.68. The number of hydrogen-bond donors (Lipinski definition) is 1. The van der Waals surface area contributed by atoms with Gasteiger partial charge in [0, 0.05) is 18.1 Å². The van der Waals surface area contributed by atoms with Crippen LogP contribution >= 0.6 is 11.3 Å². The number of anilines is 1. The highest BCUT2D eigenvalue weighted by atomic mass is 32.1. The molecule has 37 heavy (non-hydrogen) atoms. The van der Waals surface area contributed by atoms with Gasteiger partial charge < -0.3 is 10.1 Å². The Morgan fingerprint density at radius 3 is 2.08 bits per heavy atom. The third kappa shape index (κ3) is 10.7. The molecule has 0 atom stereocenters. The average Bonchev–Trinajstić information content (AvgIpc) is 3.32. The predicted molar refractivity (Wildman–Crippen MR) is 156 cm³/mol. The Morgan fingerprint density at radius 2 is 1.46 bits per heavy atom. The molecule has 1 aromatic heterocycles. The molecule has 3 aromatic rings. The first kappa shape index (κ1) is 28.9. The number of aryl methyl sites for hydroxylation is 1. The fraction of sp³-hybridized carbons (Fsp3) is 0.500. The number of nitrogens with one attached hydrogen (secondary N) is 1. The number of para-hydroxylation sites is 1. The zero-order valence-electron chi connectivity index (χ0n) is 22.8. The largest absolute Gasteiger partial charge is 0.494 e. The fourth-order valence-corrected chi connectivity index (χ4v) is 5.29. The predicted octanol–water partition coefficient (Wildman–Crippen LogP) is 8.72. The normalized spacial score (nSPS) is 11.0. The van der Waals surface area contributed by atoms with Crippen LogP contribution in [-0.2, 0) is 6.54 Å². The van der Waals surface area contributed by atoms with Crippen LogP contribution in [0.4, 0.5) is 5.69 Å². The van der Waals surface area contributed by atoms with Crippen LogP contribution in [0.3, 0.4) is 0 Å². The lowest BCUT2D eigenvalue weighted by Gasteiger charge is -2.10. The van der Waals surface area contributed by atoms with E-state index in [9.17, 15) is 4.79 Å². The van der Waals surface area contributed by atoms with E-state index in [2.05, 4.69) is 40.7 Å². The third-order valence-electron chi connectivity index (χ3n) is 6.87. The molecule has 4 nitrogen and oxygen atoms in total. The quantitative estimate of drug-likeness (QED) is 0.134. The van der Waals surface area contributed by atoms with Gasteiger partial charge in [0.1, 0.15) is 5.75 Å². The average molecular weight is 522 g/mol. The number of unbranched alkanes of at least 4 members (excludes halogenated alkanes) is 11. The van der Waals surface area contributed by atoms with Crippen LogP contribution in [-0.4, -0.2) is 12.5 Å². The number of aromatic nitrogens is 1. The van der Waals surface area contributed by atoms with Crippen LogP contribution in [0.1, 0.15) is 106 Å². The van der Waals surface area contributed by atoms with E-state index in [-0.39, 0.29) is 5.91 Å². The van der Waals surface area contributed by atoms with E-state index in [0.717, 1.165) is 36.6 Å². The van der Waals surface area contributed by atoms with Gasteiger partial charge in [0.2, 0.25) is 5.51 Å². The number of carbonyl (C=O) groups is 1. The van der Waals surface area contributed by atoms with Gasteiger partial charge in [0.15, 0.2) is 12.2 Å². The summed E-state index contributed by atoms with van der Waals surface area (Å²) in [5.41, 5.74) is 5.88. The molecular weight excluding hydrogens is 476 g/mol. The molecule has 0 fully saturated rings. The maximum atomic E-state index is 12.9. The van der Waals surface area contributed by atoms with Crippen molar-refractivity contribution in [3.63, 3.8) is 0 Å². The molecule has 0 saturated heterocycles. The summed E-state index contributed by atoms with van der Waals surface area (Å²) in [4.78, 5) is 12.9. The van der Waals surface area contributed by atoms with E-state index in [4.69, 9.17) is 4.74 Å². The third-order valence-corrected chi connectivity index (χ3v) is 7.72. The number of nitrogens with zero attached hydrogens (tertiary/aromatic N) is 1. The lowest BCUT2D eigenvalue weighted by molar-refractivity contribution is -0.689. The Morgan fingerprint density at radius 1 is 0.838 bits per heavy atom. The molecular formula is C32H45N2O2S+.